The van der Waals surface area contributed by atoms with Crippen molar-refractivity contribution in [2.75, 3.05) is 7.11 Å². The van der Waals surface area contributed by atoms with Crippen molar-refractivity contribution in [1.82, 2.24) is 19.5 Å². The summed E-state index contributed by atoms with van der Waals surface area (Å²) in [6, 6.07) is 12.3. The van der Waals surface area contributed by atoms with Gasteiger partial charge in [-0.2, -0.15) is 23.0 Å². The number of aromatic nitrogens is 4. The lowest BCUT2D eigenvalue weighted by molar-refractivity contribution is -0.199. The molecule has 4 aromatic rings. The van der Waals surface area contributed by atoms with Crippen LogP contribution in [-0.4, -0.2) is 38.8 Å². The molecule has 0 radical (unpaired) electrons. The Balaban J connectivity index is 1.68. The molecule has 1 aromatic carbocycles. The number of methoxy groups -OCH3 is 1. The van der Waals surface area contributed by atoms with Gasteiger partial charge in [0.2, 0.25) is 0 Å². The summed E-state index contributed by atoms with van der Waals surface area (Å²) >= 11 is 0. The maximum absolute atomic E-state index is 12.5. The fourth-order valence-corrected chi connectivity index (χ4v) is 2.79. The Morgan fingerprint density at radius 1 is 1.03 bits per heavy atom. The van der Waals surface area contributed by atoms with Crippen LogP contribution in [-0.2, 0) is 4.79 Å². The molecular formula is C19H13F3N4O3. The molecule has 0 saturated heterocycles. The van der Waals surface area contributed by atoms with Gasteiger partial charge in [0.25, 0.3) is 0 Å². The lowest BCUT2D eigenvalue weighted by Gasteiger charge is -2.08. The summed E-state index contributed by atoms with van der Waals surface area (Å²) in [5, 5.41) is 4.98. The Morgan fingerprint density at radius 2 is 1.79 bits per heavy atom. The standard InChI is InChI=1S/C19H13F3N4O3/c1-28-13-4-2-12(3-5-13)15-8-10-25(24-15)16-6-9-23-17-14(16)7-11-26(17)29-18(27)19(20,21)22/h2-11H,1H3. The van der Waals surface area contributed by atoms with E-state index in [2.05, 4.69) is 14.9 Å². The first kappa shape index (κ1) is 18.5. The van der Waals surface area contributed by atoms with E-state index in [1.54, 1.807) is 30.1 Å². The third kappa shape index (κ3) is 3.51. The van der Waals surface area contributed by atoms with Crippen molar-refractivity contribution in [3.8, 4) is 22.7 Å². The second-order valence-corrected chi connectivity index (χ2v) is 5.96. The van der Waals surface area contributed by atoms with E-state index in [1.165, 1.54) is 18.5 Å². The van der Waals surface area contributed by atoms with Gasteiger partial charge in [-0.1, -0.05) is 0 Å². The minimum absolute atomic E-state index is 0.0570. The van der Waals surface area contributed by atoms with Crippen LogP contribution in [0, 0.1) is 0 Å². The molecule has 3 heterocycles. The highest BCUT2D eigenvalue weighted by Crippen LogP contribution is 2.25. The lowest BCUT2D eigenvalue weighted by Crippen LogP contribution is -2.33. The van der Waals surface area contributed by atoms with Gasteiger partial charge in [0, 0.05) is 29.5 Å². The molecule has 0 atom stereocenters. The van der Waals surface area contributed by atoms with Gasteiger partial charge < -0.3 is 9.57 Å². The Hall–Kier alpha value is -3.82. The van der Waals surface area contributed by atoms with E-state index in [9.17, 15) is 18.0 Å². The van der Waals surface area contributed by atoms with Gasteiger partial charge in [0.1, 0.15) is 5.75 Å². The van der Waals surface area contributed by atoms with Crippen molar-refractivity contribution in [2.24, 2.45) is 0 Å². The molecule has 0 amide bonds. The van der Waals surface area contributed by atoms with E-state index in [4.69, 9.17) is 4.74 Å². The molecule has 29 heavy (non-hydrogen) atoms. The summed E-state index contributed by atoms with van der Waals surface area (Å²) in [6.45, 7) is 0. The monoisotopic (exact) mass is 402 g/mol. The summed E-state index contributed by atoms with van der Waals surface area (Å²) in [5.41, 5.74) is 2.19. The highest BCUT2D eigenvalue weighted by molar-refractivity contribution is 5.86. The number of pyridine rings is 1. The van der Waals surface area contributed by atoms with Crippen LogP contribution in [0.4, 0.5) is 13.2 Å². The van der Waals surface area contributed by atoms with Crippen LogP contribution in [0.15, 0.2) is 61.1 Å². The molecule has 3 aromatic heterocycles. The average Bonchev–Trinajstić information content (AvgIpc) is 3.35. The molecule has 0 unspecified atom stereocenters. The zero-order chi connectivity index (χ0) is 20.6. The molecule has 0 spiro atoms. The number of hydrogen-bond donors (Lipinski definition) is 0. The van der Waals surface area contributed by atoms with Gasteiger partial charge in [-0.3, -0.25) is 0 Å². The number of halogens is 3. The van der Waals surface area contributed by atoms with E-state index < -0.39 is 12.1 Å². The fraction of sp³-hybridized carbons (Fsp3) is 0.105. The summed E-state index contributed by atoms with van der Waals surface area (Å²) in [4.78, 5) is 19.5. The van der Waals surface area contributed by atoms with Crippen molar-refractivity contribution < 1.29 is 27.5 Å². The molecule has 0 aliphatic heterocycles. The zero-order valence-electron chi connectivity index (χ0n) is 14.9. The molecule has 0 aliphatic carbocycles. The summed E-state index contributed by atoms with van der Waals surface area (Å²) in [5.74, 6) is -1.61. The zero-order valence-corrected chi connectivity index (χ0v) is 14.9. The second kappa shape index (κ2) is 6.97. The predicted octanol–water partition coefficient (Wildman–Crippen LogP) is 3.42. The third-order valence-corrected chi connectivity index (χ3v) is 4.17. The number of hydrogen-bond acceptors (Lipinski definition) is 5. The first-order valence-electron chi connectivity index (χ1n) is 8.33. The average molecular weight is 402 g/mol. The van der Waals surface area contributed by atoms with Gasteiger partial charge in [0.15, 0.2) is 5.65 Å². The van der Waals surface area contributed by atoms with E-state index in [0.717, 1.165) is 11.3 Å². The summed E-state index contributed by atoms with van der Waals surface area (Å²) < 4.78 is 44.8. The molecule has 10 heteroatoms. The van der Waals surface area contributed by atoms with Gasteiger partial charge in [0.05, 0.1) is 18.5 Å². The van der Waals surface area contributed by atoms with Gasteiger partial charge in [-0.15, -0.1) is 0 Å². The molecular weight excluding hydrogens is 389 g/mol. The Kier molecular flexibility index (Phi) is 4.45. The summed E-state index contributed by atoms with van der Waals surface area (Å²) in [7, 11) is 1.58. The number of carbonyl (C=O) groups excluding carboxylic acids is 1. The van der Waals surface area contributed by atoms with Gasteiger partial charge >= 0.3 is 12.1 Å². The topological polar surface area (TPSA) is 71.2 Å². The van der Waals surface area contributed by atoms with E-state index >= 15 is 0 Å². The number of carbonyl (C=O) groups is 1. The third-order valence-electron chi connectivity index (χ3n) is 4.17. The van der Waals surface area contributed by atoms with Crippen molar-refractivity contribution in [2.45, 2.75) is 6.18 Å². The Morgan fingerprint density at radius 3 is 2.48 bits per heavy atom. The van der Waals surface area contributed by atoms with Crippen molar-refractivity contribution >= 4 is 17.0 Å². The molecule has 0 aliphatic rings. The fourth-order valence-electron chi connectivity index (χ4n) is 2.79. The van der Waals surface area contributed by atoms with Crippen molar-refractivity contribution in [3.63, 3.8) is 0 Å². The minimum atomic E-state index is -5.11. The van der Waals surface area contributed by atoms with Crippen molar-refractivity contribution in [3.05, 3.63) is 61.1 Å². The van der Waals surface area contributed by atoms with Crippen LogP contribution in [0.3, 0.4) is 0 Å². The molecule has 0 fully saturated rings. The normalized spacial score (nSPS) is 11.6. The van der Waals surface area contributed by atoms with Crippen molar-refractivity contribution in [1.29, 1.82) is 0 Å². The first-order chi connectivity index (χ1) is 13.9. The highest BCUT2D eigenvalue weighted by Gasteiger charge is 2.42. The second-order valence-electron chi connectivity index (χ2n) is 5.96. The molecule has 7 nitrogen and oxygen atoms in total. The lowest BCUT2D eigenvalue weighted by atomic mass is 10.1. The quantitative estimate of drug-likeness (QED) is 0.523. The molecule has 0 saturated carbocycles. The maximum atomic E-state index is 12.5. The van der Waals surface area contributed by atoms with Gasteiger partial charge in [-0.25, -0.2) is 14.5 Å². The highest BCUT2D eigenvalue weighted by atomic mass is 19.4. The molecule has 0 bridgehead atoms. The predicted molar refractivity (Wildman–Crippen MR) is 96.5 cm³/mol. The number of ether oxygens (including phenoxy) is 1. The molecule has 148 valence electrons. The number of fused-ring (bicyclic) bond motifs is 1. The largest absolute Gasteiger partial charge is 0.497 e. The number of alkyl halides is 3. The number of nitrogens with zero attached hydrogens (tertiary/aromatic N) is 4. The van der Waals surface area contributed by atoms with Crippen LogP contribution in [0.5, 0.6) is 5.75 Å². The molecule has 0 N–H and O–H groups in total. The van der Waals surface area contributed by atoms with E-state index in [-0.39, 0.29) is 5.65 Å². The molecule has 4 rings (SSSR count). The SMILES string of the molecule is COc1ccc(-c2ccn(-c3ccnc4c3ccn4OC(=O)C(F)(F)F)n2)cc1. The van der Waals surface area contributed by atoms with Crippen LogP contribution in [0.25, 0.3) is 28.0 Å². The summed E-state index contributed by atoms with van der Waals surface area (Å²) in [6.07, 6.45) is -0.806. The first-order valence-corrected chi connectivity index (χ1v) is 8.33. The smallest absolute Gasteiger partial charge is 0.493 e. The van der Waals surface area contributed by atoms with Crippen LogP contribution >= 0.6 is 0 Å². The van der Waals surface area contributed by atoms with Gasteiger partial charge in [-0.05, 0) is 42.5 Å². The number of benzene rings is 1. The Labute approximate surface area is 161 Å². The van der Waals surface area contributed by atoms with Crippen LogP contribution in [0.2, 0.25) is 0 Å². The van der Waals surface area contributed by atoms with Crippen LogP contribution < -0.4 is 9.57 Å². The number of rotatable bonds is 4. The van der Waals surface area contributed by atoms with E-state index in [0.29, 0.717) is 21.5 Å². The Bertz CT molecular complexity index is 1180. The maximum Gasteiger partial charge on any atom is 0.493 e. The van der Waals surface area contributed by atoms with Crippen LogP contribution in [0.1, 0.15) is 0 Å². The van der Waals surface area contributed by atoms with E-state index in [1.807, 2.05) is 24.3 Å². The minimum Gasteiger partial charge on any atom is -0.497 e.